The zero-order chi connectivity index (χ0) is 23.3. The van der Waals surface area contributed by atoms with E-state index in [1.165, 1.54) is 11.8 Å². The summed E-state index contributed by atoms with van der Waals surface area (Å²) in [4.78, 5) is 16.9. The molecule has 2 aliphatic rings. The van der Waals surface area contributed by atoms with Crippen LogP contribution in [0.2, 0.25) is 5.02 Å². The molecule has 3 aromatic rings. The number of ether oxygens (including phenoxy) is 2. The zero-order valence-electron chi connectivity index (χ0n) is 18.4. The van der Waals surface area contributed by atoms with Gasteiger partial charge in [0.15, 0.2) is 17.3 Å². The Balaban J connectivity index is 1.10. The number of carbonyl (C=O) groups is 1. The summed E-state index contributed by atoms with van der Waals surface area (Å²) in [6, 6.07) is 17.2. The van der Waals surface area contributed by atoms with Crippen molar-refractivity contribution < 1.29 is 14.3 Å². The van der Waals surface area contributed by atoms with E-state index in [1.807, 2.05) is 36.4 Å². The summed E-state index contributed by atoms with van der Waals surface area (Å²) in [6.45, 7) is 4.44. The Kier molecular flexibility index (Phi) is 6.92. The van der Waals surface area contributed by atoms with Crippen LogP contribution in [0.1, 0.15) is 0 Å². The Morgan fingerprint density at radius 2 is 1.71 bits per heavy atom. The summed E-state index contributed by atoms with van der Waals surface area (Å²) >= 11 is 7.68. The maximum atomic E-state index is 12.4. The smallest absolute Gasteiger partial charge is 0.234 e. The number of fused-ring (bicyclic) bond motifs is 1. The minimum Gasteiger partial charge on any atom is -0.486 e. The molecule has 0 bridgehead atoms. The van der Waals surface area contributed by atoms with E-state index in [1.54, 1.807) is 18.2 Å². The molecular weight excluding hydrogens is 474 g/mol. The Morgan fingerprint density at radius 1 is 0.941 bits per heavy atom. The average Bonchev–Trinajstić information content (AvgIpc) is 2.88. The molecule has 0 radical (unpaired) electrons. The molecule has 0 spiro atoms. The number of benzene rings is 2. The number of hydrogen-bond donors (Lipinski definition) is 1. The fourth-order valence-electron chi connectivity index (χ4n) is 3.90. The molecule has 8 nitrogen and oxygen atoms in total. The summed E-state index contributed by atoms with van der Waals surface area (Å²) in [5, 5.41) is 13.0. The second kappa shape index (κ2) is 10.4. The lowest BCUT2D eigenvalue weighted by molar-refractivity contribution is -0.113. The first kappa shape index (κ1) is 22.6. The van der Waals surface area contributed by atoms with Crippen molar-refractivity contribution in [1.29, 1.82) is 0 Å². The number of anilines is 3. The maximum absolute atomic E-state index is 12.4. The molecular formula is C24H24ClN5O3S. The van der Waals surface area contributed by atoms with Crippen LogP contribution in [0.25, 0.3) is 0 Å². The van der Waals surface area contributed by atoms with E-state index in [4.69, 9.17) is 21.1 Å². The van der Waals surface area contributed by atoms with E-state index in [2.05, 4.69) is 25.3 Å². The van der Waals surface area contributed by atoms with E-state index >= 15 is 0 Å². The van der Waals surface area contributed by atoms with Crippen molar-refractivity contribution in [2.75, 3.05) is 60.3 Å². The van der Waals surface area contributed by atoms with Gasteiger partial charge in [-0.2, -0.15) is 0 Å². The number of aromatic nitrogens is 2. The summed E-state index contributed by atoms with van der Waals surface area (Å²) in [5.41, 5.74) is 1.74. The third kappa shape index (κ3) is 5.31. The minimum absolute atomic E-state index is 0.122. The molecule has 0 unspecified atom stereocenters. The topological polar surface area (TPSA) is 79.8 Å². The number of nitrogens with zero attached hydrogens (tertiary/aromatic N) is 4. The molecule has 34 heavy (non-hydrogen) atoms. The second-order valence-electron chi connectivity index (χ2n) is 7.85. The summed E-state index contributed by atoms with van der Waals surface area (Å²) in [7, 11) is 0. The summed E-state index contributed by atoms with van der Waals surface area (Å²) in [6.07, 6.45) is 0. The first-order chi connectivity index (χ1) is 16.7. The lowest BCUT2D eigenvalue weighted by Gasteiger charge is -2.36. The highest BCUT2D eigenvalue weighted by molar-refractivity contribution is 7.99. The van der Waals surface area contributed by atoms with Gasteiger partial charge in [0.1, 0.15) is 18.2 Å². The van der Waals surface area contributed by atoms with Crippen LogP contribution in [0.3, 0.4) is 0 Å². The van der Waals surface area contributed by atoms with E-state index < -0.39 is 0 Å². The quantitative estimate of drug-likeness (QED) is 0.513. The number of rotatable bonds is 6. The number of amides is 1. The fourth-order valence-corrected chi connectivity index (χ4v) is 4.77. The molecule has 1 N–H and O–H groups in total. The van der Waals surface area contributed by atoms with Gasteiger partial charge in [-0.3, -0.25) is 4.79 Å². The molecule has 10 heteroatoms. The van der Waals surface area contributed by atoms with Crippen LogP contribution in [-0.4, -0.2) is 61.3 Å². The first-order valence-corrected chi connectivity index (χ1v) is 12.4. The lowest BCUT2D eigenvalue weighted by Crippen LogP contribution is -2.47. The van der Waals surface area contributed by atoms with E-state index in [0.717, 1.165) is 42.7 Å². The lowest BCUT2D eigenvalue weighted by atomic mass is 10.2. The van der Waals surface area contributed by atoms with Crippen molar-refractivity contribution in [3.8, 4) is 11.5 Å². The number of carbonyl (C=O) groups excluding carboxylic acids is 1. The van der Waals surface area contributed by atoms with Gasteiger partial charge in [-0.05, 0) is 36.4 Å². The maximum Gasteiger partial charge on any atom is 0.234 e. The molecule has 1 saturated heterocycles. The van der Waals surface area contributed by atoms with Crippen molar-refractivity contribution in [2.24, 2.45) is 0 Å². The van der Waals surface area contributed by atoms with Crippen LogP contribution in [-0.2, 0) is 4.79 Å². The van der Waals surface area contributed by atoms with Crippen LogP contribution in [0.4, 0.5) is 17.2 Å². The molecule has 3 heterocycles. The van der Waals surface area contributed by atoms with Gasteiger partial charge in [-0.1, -0.05) is 35.5 Å². The van der Waals surface area contributed by atoms with Crippen LogP contribution in [0.5, 0.6) is 11.5 Å². The standard InChI is InChI=1S/C24H24ClN5O3S/c25-18-3-1-2-4-19(18)29-9-11-30(12-10-29)22-7-8-24(28-27-22)34-16-23(31)26-17-5-6-20-21(15-17)33-14-13-32-20/h1-8,15H,9-14,16H2,(H,26,31). The molecule has 2 aromatic carbocycles. The Morgan fingerprint density at radius 3 is 2.47 bits per heavy atom. The van der Waals surface area contributed by atoms with Crippen molar-refractivity contribution >= 4 is 46.5 Å². The monoisotopic (exact) mass is 497 g/mol. The first-order valence-electron chi connectivity index (χ1n) is 11.1. The fraction of sp³-hybridized carbons (Fsp3) is 0.292. The van der Waals surface area contributed by atoms with Crippen molar-refractivity contribution in [3.63, 3.8) is 0 Å². The van der Waals surface area contributed by atoms with E-state index in [9.17, 15) is 4.79 Å². The SMILES string of the molecule is O=C(CSc1ccc(N2CCN(c3ccccc3Cl)CC2)nn1)Nc1ccc2c(c1)OCCO2. The van der Waals surface area contributed by atoms with Crippen LogP contribution in [0.15, 0.2) is 59.6 Å². The molecule has 5 rings (SSSR count). The third-order valence-corrected chi connectivity index (χ3v) is 6.84. The van der Waals surface area contributed by atoms with Gasteiger partial charge in [0.05, 0.1) is 16.5 Å². The zero-order valence-corrected chi connectivity index (χ0v) is 20.0. The normalized spacial score (nSPS) is 15.2. The van der Waals surface area contributed by atoms with Gasteiger partial charge >= 0.3 is 0 Å². The molecule has 0 aliphatic carbocycles. The largest absolute Gasteiger partial charge is 0.486 e. The average molecular weight is 498 g/mol. The van der Waals surface area contributed by atoms with Gasteiger partial charge < -0.3 is 24.6 Å². The van der Waals surface area contributed by atoms with Gasteiger partial charge in [0.2, 0.25) is 5.91 Å². The third-order valence-electron chi connectivity index (χ3n) is 5.60. The summed E-state index contributed by atoms with van der Waals surface area (Å²) < 4.78 is 11.1. The van der Waals surface area contributed by atoms with Crippen LogP contribution in [0, 0.1) is 0 Å². The minimum atomic E-state index is -0.122. The molecule has 0 saturated carbocycles. The van der Waals surface area contributed by atoms with Crippen LogP contribution < -0.4 is 24.6 Å². The van der Waals surface area contributed by atoms with Crippen molar-refractivity contribution in [3.05, 3.63) is 59.6 Å². The van der Waals surface area contributed by atoms with Gasteiger partial charge in [-0.15, -0.1) is 10.2 Å². The van der Waals surface area contributed by atoms with E-state index in [0.29, 0.717) is 35.4 Å². The van der Waals surface area contributed by atoms with E-state index in [-0.39, 0.29) is 11.7 Å². The Labute approximate surface area is 207 Å². The predicted molar refractivity (Wildman–Crippen MR) is 135 cm³/mol. The molecule has 0 atom stereocenters. The second-order valence-corrected chi connectivity index (χ2v) is 9.25. The number of piperazine rings is 1. The Hall–Kier alpha value is -3.17. The highest BCUT2D eigenvalue weighted by atomic mass is 35.5. The molecule has 2 aliphatic heterocycles. The van der Waals surface area contributed by atoms with Crippen molar-refractivity contribution in [2.45, 2.75) is 5.03 Å². The van der Waals surface area contributed by atoms with Crippen molar-refractivity contribution in [1.82, 2.24) is 10.2 Å². The number of hydrogen-bond acceptors (Lipinski definition) is 8. The van der Waals surface area contributed by atoms with Gasteiger partial charge in [0.25, 0.3) is 0 Å². The molecule has 1 fully saturated rings. The highest BCUT2D eigenvalue weighted by Gasteiger charge is 2.20. The number of halogens is 1. The highest BCUT2D eigenvalue weighted by Crippen LogP contribution is 2.32. The summed E-state index contributed by atoms with van der Waals surface area (Å²) in [5.74, 6) is 2.29. The Bertz CT molecular complexity index is 1160. The van der Waals surface area contributed by atoms with Gasteiger partial charge in [-0.25, -0.2) is 0 Å². The number of thioether (sulfide) groups is 1. The molecule has 1 amide bonds. The number of para-hydroxylation sites is 1. The molecule has 176 valence electrons. The van der Waals surface area contributed by atoms with Gasteiger partial charge in [0, 0.05) is 37.9 Å². The van der Waals surface area contributed by atoms with Crippen LogP contribution >= 0.6 is 23.4 Å². The number of nitrogens with one attached hydrogen (secondary N) is 1. The molecule has 1 aromatic heterocycles. The predicted octanol–water partition coefficient (Wildman–Crippen LogP) is 3.96.